The number of hydrogen-bond acceptors (Lipinski definition) is 4. The lowest BCUT2D eigenvalue weighted by Crippen LogP contribution is -2.35. The number of carbonyl (C=O) groups is 1. The maximum absolute atomic E-state index is 14.2. The van der Waals surface area contributed by atoms with Crippen LogP contribution in [0, 0.1) is 5.82 Å². The van der Waals surface area contributed by atoms with Crippen molar-refractivity contribution in [2.24, 2.45) is 0 Å². The first kappa shape index (κ1) is 15.7. The van der Waals surface area contributed by atoms with Gasteiger partial charge in [0.25, 0.3) is 5.91 Å². The number of carbonyl (C=O) groups excluding carboxylic acids is 1. The van der Waals surface area contributed by atoms with E-state index in [0.717, 1.165) is 16.6 Å². The zero-order valence-electron chi connectivity index (χ0n) is 14.3. The van der Waals surface area contributed by atoms with E-state index in [2.05, 4.69) is 15.1 Å². The molecule has 0 saturated heterocycles. The summed E-state index contributed by atoms with van der Waals surface area (Å²) < 4.78 is 19.6. The minimum absolute atomic E-state index is 0.0853. The van der Waals surface area contributed by atoms with Gasteiger partial charge in [0.15, 0.2) is 0 Å². The predicted molar refractivity (Wildman–Crippen MR) is 96.4 cm³/mol. The highest BCUT2D eigenvalue weighted by Gasteiger charge is 2.29. The Kier molecular flexibility index (Phi) is 3.53. The van der Waals surface area contributed by atoms with Gasteiger partial charge in [-0.05, 0) is 30.3 Å². The van der Waals surface area contributed by atoms with Crippen LogP contribution >= 0.6 is 0 Å². The van der Waals surface area contributed by atoms with Gasteiger partial charge in [0.05, 0.1) is 23.9 Å². The van der Waals surface area contributed by atoms with Crippen LogP contribution in [-0.2, 0) is 13.0 Å². The minimum Gasteiger partial charge on any atom is -0.360 e. The average Bonchev–Trinajstić information content (AvgIpc) is 3.33. The van der Waals surface area contributed by atoms with E-state index >= 15 is 0 Å². The SMILES string of the molecule is O=C(c1ccc2nc[nH]c2c1)N1CCc2onc(-c3ccccc3F)c2C1. The Bertz CT molecular complexity index is 1160. The van der Waals surface area contributed by atoms with Crippen molar-refractivity contribution >= 4 is 16.9 Å². The molecule has 0 radical (unpaired) electrons. The van der Waals surface area contributed by atoms with Gasteiger partial charge in [-0.3, -0.25) is 4.79 Å². The van der Waals surface area contributed by atoms with Gasteiger partial charge in [-0.25, -0.2) is 9.37 Å². The maximum atomic E-state index is 14.2. The van der Waals surface area contributed by atoms with Gasteiger partial charge < -0.3 is 14.4 Å². The number of halogens is 1. The van der Waals surface area contributed by atoms with Crippen LogP contribution in [0.4, 0.5) is 4.39 Å². The summed E-state index contributed by atoms with van der Waals surface area (Å²) in [6.45, 7) is 0.862. The molecule has 0 unspecified atom stereocenters. The second-order valence-electron chi connectivity index (χ2n) is 6.52. The number of fused-ring (bicyclic) bond motifs is 2. The topological polar surface area (TPSA) is 75.0 Å². The molecule has 3 heterocycles. The summed E-state index contributed by atoms with van der Waals surface area (Å²) in [7, 11) is 0. The third-order valence-electron chi connectivity index (χ3n) is 4.91. The molecule has 0 spiro atoms. The summed E-state index contributed by atoms with van der Waals surface area (Å²) >= 11 is 0. The zero-order chi connectivity index (χ0) is 18.4. The first-order chi connectivity index (χ1) is 13.2. The molecule has 0 saturated carbocycles. The number of imidazole rings is 1. The van der Waals surface area contributed by atoms with Crippen LogP contribution in [0.15, 0.2) is 53.3 Å². The van der Waals surface area contributed by atoms with E-state index in [1.807, 2.05) is 6.07 Å². The van der Waals surface area contributed by atoms with Gasteiger partial charge in [0, 0.05) is 29.7 Å². The molecule has 1 aliphatic heterocycles. The highest BCUT2D eigenvalue weighted by Crippen LogP contribution is 2.32. The molecule has 7 heteroatoms. The van der Waals surface area contributed by atoms with Gasteiger partial charge in [-0.1, -0.05) is 17.3 Å². The van der Waals surface area contributed by atoms with Gasteiger partial charge in [-0.15, -0.1) is 0 Å². The Morgan fingerprint density at radius 1 is 1.22 bits per heavy atom. The van der Waals surface area contributed by atoms with Crippen molar-refractivity contribution in [3.05, 3.63) is 71.5 Å². The van der Waals surface area contributed by atoms with Crippen LogP contribution < -0.4 is 0 Å². The van der Waals surface area contributed by atoms with E-state index < -0.39 is 0 Å². The number of rotatable bonds is 2. The van der Waals surface area contributed by atoms with Gasteiger partial charge in [0.1, 0.15) is 17.3 Å². The first-order valence-corrected chi connectivity index (χ1v) is 8.65. The fourth-order valence-corrected chi connectivity index (χ4v) is 3.50. The van der Waals surface area contributed by atoms with E-state index in [1.54, 1.807) is 41.6 Å². The van der Waals surface area contributed by atoms with Crippen LogP contribution in [0.3, 0.4) is 0 Å². The zero-order valence-corrected chi connectivity index (χ0v) is 14.3. The highest BCUT2D eigenvalue weighted by atomic mass is 19.1. The number of hydrogen-bond donors (Lipinski definition) is 1. The number of aromatic nitrogens is 3. The van der Waals surface area contributed by atoms with Crippen molar-refractivity contribution in [2.45, 2.75) is 13.0 Å². The number of nitrogens with zero attached hydrogens (tertiary/aromatic N) is 3. The maximum Gasteiger partial charge on any atom is 0.254 e. The monoisotopic (exact) mass is 362 g/mol. The summed E-state index contributed by atoms with van der Waals surface area (Å²) in [5, 5.41) is 4.06. The standard InChI is InChI=1S/C20H15FN4O2/c21-15-4-2-1-3-13(15)19-14-10-25(8-7-18(14)27-24-19)20(26)12-5-6-16-17(9-12)23-11-22-16/h1-6,9,11H,7-8,10H2,(H,22,23). The molecule has 134 valence electrons. The lowest BCUT2D eigenvalue weighted by Gasteiger charge is -2.26. The fraction of sp³-hybridized carbons (Fsp3) is 0.150. The van der Waals surface area contributed by atoms with Crippen LogP contribution in [0.2, 0.25) is 0 Å². The molecular formula is C20H15FN4O2. The lowest BCUT2D eigenvalue weighted by atomic mass is 10.0. The molecule has 1 N–H and O–H groups in total. The van der Waals surface area contributed by atoms with Crippen molar-refractivity contribution in [2.75, 3.05) is 6.54 Å². The number of nitrogens with one attached hydrogen (secondary N) is 1. The van der Waals surface area contributed by atoms with Crippen molar-refractivity contribution < 1.29 is 13.7 Å². The molecule has 0 fully saturated rings. The molecule has 0 bridgehead atoms. The fourth-order valence-electron chi connectivity index (χ4n) is 3.50. The Morgan fingerprint density at radius 3 is 3.00 bits per heavy atom. The van der Waals surface area contributed by atoms with E-state index in [-0.39, 0.29) is 11.7 Å². The summed E-state index contributed by atoms with van der Waals surface area (Å²) in [5.41, 5.74) is 3.82. The molecule has 27 heavy (non-hydrogen) atoms. The second-order valence-corrected chi connectivity index (χ2v) is 6.52. The first-order valence-electron chi connectivity index (χ1n) is 8.65. The van der Waals surface area contributed by atoms with Crippen molar-refractivity contribution in [3.63, 3.8) is 0 Å². The number of amides is 1. The van der Waals surface area contributed by atoms with Crippen molar-refractivity contribution in [1.29, 1.82) is 0 Å². The molecule has 2 aromatic heterocycles. The summed E-state index contributed by atoms with van der Waals surface area (Å²) in [6.07, 6.45) is 2.15. The lowest BCUT2D eigenvalue weighted by molar-refractivity contribution is 0.0729. The number of H-pyrrole nitrogens is 1. The average molecular weight is 362 g/mol. The van der Waals surface area contributed by atoms with Gasteiger partial charge >= 0.3 is 0 Å². The quantitative estimate of drug-likeness (QED) is 0.592. The Labute approximate surface area is 153 Å². The van der Waals surface area contributed by atoms with Crippen LogP contribution in [-0.4, -0.2) is 32.5 Å². The van der Waals surface area contributed by atoms with Crippen molar-refractivity contribution in [1.82, 2.24) is 20.0 Å². The smallest absolute Gasteiger partial charge is 0.254 e. The van der Waals surface area contributed by atoms with Crippen molar-refractivity contribution in [3.8, 4) is 11.3 Å². The Balaban J connectivity index is 1.48. The third-order valence-corrected chi connectivity index (χ3v) is 4.91. The largest absolute Gasteiger partial charge is 0.360 e. The molecule has 1 amide bonds. The second kappa shape index (κ2) is 6.05. The minimum atomic E-state index is -0.359. The van der Waals surface area contributed by atoms with E-state index in [4.69, 9.17) is 4.52 Å². The van der Waals surface area contributed by atoms with Gasteiger partial charge in [-0.2, -0.15) is 0 Å². The van der Waals surface area contributed by atoms with E-state index in [9.17, 15) is 9.18 Å². The molecule has 5 rings (SSSR count). The predicted octanol–water partition coefficient (Wildman–Crippen LogP) is 3.56. The van der Waals surface area contributed by atoms with Crippen LogP contribution in [0.5, 0.6) is 0 Å². The summed E-state index contributed by atoms with van der Waals surface area (Å²) in [5.74, 6) is 0.265. The normalized spacial score (nSPS) is 13.7. The number of aromatic amines is 1. The molecule has 6 nitrogen and oxygen atoms in total. The molecule has 2 aromatic carbocycles. The van der Waals surface area contributed by atoms with Crippen LogP contribution in [0.1, 0.15) is 21.7 Å². The van der Waals surface area contributed by atoms with Crippen LogP contribution in [0.25, 0.3) is 22.3 Å². The summed E-state index contributed by atoms with van der Waals surface area (Å²) in [6, 6.07) is 11.8. The third kappa shape index (κ3) is 2.59. The summed E-state index contributed by atoms with van der Waals surface area (Å²) in [4.78, 5) is 21.9. The molecule has 1 aliphatic rings. The van der Waals surface area contributed by atoms with E-state index in [0.29, 0.717) is 42.1 Å². The molecular weight excluding hydrogens is 347 g/mol. The Morgan fingerprint density at radius 2 is 2.11 bits per heavy atom. The highest BCUT2D eigenvalue weighted by molar-refractivity contribution is 5.97. The molecule has 4 aromatic rings. The van der Waals surface area contributed by atoms with Gasteiger partial charge in [0.2, 0.25) is 0 Å². The molecule has 0 atom stereocenters. The Hall–Kier alpha value is -3.48. The number of benzene rings is 2. The van der Waals surface area contributed by atoms with E-state index in [1.165, 1.54) is 6.07 Å². The molecule has 0 aliphatic carbocycles.